The van der Waals surface area contributed by atoms with Crippen molar-refractivity contribution in [3.05, 3.63) is 100 Å². The van der Waals surface area contributed by atoms with Crippen LogP contribution in [-0.2, 0) is 6.42 Å². The topological polar surface area (TPSA) is 47.8 Å². The Hall–Kier alpha value is -3.34. The van der Waals surface area contributed by atoms with Gasteiger partial charge in [-0.2, -0.15) is 9.78 Å². The molecule has 0 fully saturated rings. The van der Waals surface area contributed by atoms with Gasteiger partial charge in [-0.25, -0.2) is 9.37 Å². The lowest BCUT2D eigenvalue weighted by Gasteiger charge is -2.10. The highest BCUT2D eigenvalue weighted by atomic mass is 19.1. The molecule has 0 N–H and O–H groups in total. The summed E-state index contributed by atoms with van der Waals surface area (Å²) in [5, 5.41) is 5.92. The van der Waals surface area contributed by atoms with Gasteiger partial charge in [0, 0.05) is 18.0 Å². The first-order valence-corrected chi connectivity index (χ1v) is 7.89. The van der Waals surface area contributed by atoms with E-state index < -0.39 is 0 Å². The van der Waals surface area contributed by atoms with Crippen LogP contribution in [0, 0.1) is 5.82 Å². The summed E-state index contributed by atoms with van der Waals surface area (Å²) in [5.41, 5.74) is 1.45. The minimum Gasteiger partial charge on any atom is -0.267 e. The largest absolute Gasteiger partial charge is 0.280 e. The van der Waals surface area contributed by atoms with Crippen LogP contribution in [0.3, 0.4) is 0 Å². The third-order valence-corrected chi connectivity index (χ3v) is 4.03. The molecular weight excluding hydrogens is 317 g/mol. The van der Waals surface area contributed by atoms with Crippen LogP contribution in [0.1, 0.15) is 11.3 Å². The normalized spacial score (nSPS) is 10.9. The monoisotopic (exact) mass is 331 g/mol. The summed E-state index contributed by atoms with van der Waals surface area (Å²) >= 11 is 0. The van der Waals surface area contributed by atoms with E-state index in [2.05, 4.69) is 10.1 Å². The number of hydrogen-bond donors (Lipinski definition) is 0. The average Bonchev–Trinajstić information content (AvgIpc) is 2.66. The van der Waals surface area contributed by atoms with E-state index in [4.69, 9.17) is 0 Å². The lowest BCUT2D eigenvalue weighted by atomic mass is 10.0. The van der Waals surface area contributed by atoms with Crippen LogP contribution in [0.25, 0.3) is 16.6 Å². The lowest BCUT2D eigenvalue weighted by Crippen LogP contribution is -2.24. The molecule has 0 bridgehead atoms. The summed E-state index contributed by atoms with van der Waals surface area (Å²) < 4.78 is 14.5. The molecule has 0 aliphatic carbocycles. The Balaban J connectivity index is 1.92. The third kappa shape index (κ3) is 2.92. The van der Waals surface area contributed by atoms with E-state index in [9.17, 15) is 9.18 Å². The average molecular weight is 331 g/mol. The fourth-order valence-corrected chi connectivity index (χ4v) is 2.82. The van der Waals surface area contributed by atoms with Gasteiger partial charge >= 0.3 is 0 Å². The predicted octanol–water partition coefficient (Wildman–Crippen LogP) is 3.51. The molecule has 0 radical (unpaired) electrons. The third-order valence-electron chi connectivity index (χ3n) is 4.03. The highest BCUT2D eigenvalue weighted by Gasteiger charge is 2.12. The van der Waals surface area contributed by atoms with E-state index >= 15 is 0 Å². The lowest BCUT2D eigenvalue weighted by molar-refractivity contribution is 0.627. The Morgan fingerprint density at radius 2 is 1.60 bits per heavy atom. The summed E-state index contributed by atoms with van der Waals surface area (Å²) in [5.74, 6) is 0.193. The fraction of sp³-hybridized carbons (Fsp3) is 0.0500. The van der Waals surface area contributed by atoms with E-state index in [0.29, 0.717) is 17.6 Å². The number of pyridine rings is 1. The molecule has 4 rings (SSSR count). The molecule has 0 atom stereocenters. The van der Waals surface area contributed by atoms with Crippen molar-refractivity contribution in [1.82, 2.24) is 14.8 Å². The number of hydrogen-bond acceptors (Lipinski definition) is 3. The first kappa shape index (κ1) is 15.2. The number of nitrogens with zero attached hydrogens (tertiary/aromatic N) is 3. The van der Waals surface area contributed by atoms with Gasteiger partial charge in [-0.05, 0) is 35.9 Å². The zero-order valence-electron chi connectivity index (χ0n) is 13.3. The summed E-state index contributed by atoms with van der Waals surface area (Å²) in [7, 11) is 0. The van der Waals surface area contributed by atoms with E-state index in [1.54, 1.807) is 36.5 Å². The zero-order chi connectivity index (χ0) is 17.2. The van der Waals surface area contributed by atoms with Crippen LogP contribution in [0.5, 0.6) is 0 Å². The van der Waals surface area contributed by atoms with Gasteiger partial charge < -0.3 is 0 Å². The molecule has 2 heterocycles. The molecule has 0 unspecified atom stereocenters. The Labute approximate surface area is 143 Å². The van der Waals surface area contributed by atoms with Gasteiger partial charge in [0.05, 0.1) is 11.1 Å². The Morgan fingerprint density at radius 3 is 2.32 bits per heavy atom. The number of benzene rings is 2. The molecule has 5 heteroatoms. The zero-order valence-corrected chi connectivity index (χ0v) is 13.3. The highest BCUT2D eigenvalue weighted by molar-refractivity contribution is 5.84. The maximum Gasteiger partial charge on any atom is 0.280 e. The van der Waals surface area contributed by atoms with Gasteiger partial charge in [0.2, 0.25) is 0 Å². The van der Waals surface area contributed by atoms with Crippen LogP contribution < -0.4 is 5.56 Å². The Morgan fingerprint density at radius 1 is 0.880 bits per heavy atom. The molecule has 0 saturated carbocycles. The minimum absolute atomic E-state index is 0.211. The molecule has 2 aromatic carbocycles. The van der Waals surface area contributed by atoms with Crippen molar-refractivity contribution in [3.8, 4) is 5.82 Å². The smallest absolute Gasteiger partial charge is 0.267 e. The van der Waals surface area contributed by atoms with Gasteiger partial charge in [0.1, 0.15) is 5.82 Å². The van der Waals surface area contributed by atoms with Gasteiger partial charge in [-0.15, -0.1) is 0 Å². The van der Waals surface area contributed by atoms with Crippen molar-refractivity contribution in [2.45, 2.75) is 6.42 Å². The second-order valence-corrected chi connectivity index (χ2v) is 5.70. The molecule has 122 valence electrons. The minimum atomic E-state index is -0.278. The summed E-state index contributed by atoms with van der Waals surface area (Å²) in [6, 6.07) is 19.0. The molecule has 0 aliphatic rings. The molecule has 25 heavy (non-hydrogen) atoms. The van der Waals surface area contributed by atoms with Gasteiger partial charge in [-0.3, -0.25) is 4.79 Å². The standard InChI is InChI=1S/C20H14FN3O/c21-15-10-8-14(9-11-15)13-18-16-5-1-2-6-17(16)20(25)24(23-18)19-7-3-4-12-22-19/h1-12H,13H2. The van der Waals surface area contributed by atoms with E-state index in [0.717, 1.165) is 16.6 Å². The van der Waals surface area contributed by atoms with Crippen LogP contribution in [0.2, 0.25) is 0 Å². The van der Waals surface area contributed by atoms with Crippen molar-refractivity contribution in [1.29, 1.82) is 0 Å². The van der Waals surface area contributed by atoms with Gasteiger partial charge in [0.15, 0.2) is 5.82 Å². The number of fused-ring (bicyclic) bond motifs is 1. The second-order valence-electron chi connectivity index (χ2n) is 5.70. The molecule has 2 aromatic heterocycles. The summed E-state index contributed by atoms with van der Waals surface area (Å²) in [6.07, 6.45) is 2.12. The number of aromatic nitrogens is 3. The molecule has 0 amide bonds. The van der Waals surface area contributed by atoms with E-state index in [-0.39, 0.29) is 11.4 Å². The highest BCUT2D eigenvalue weighted by Crippen LogP contribution is 2.18. The Kier molecular flexibility index (Phi) is 3.82. The van der Waals surface area contributed by atoms with Crippen molar-refractivity contribution in [2.75, 3.05) is 0 Å². The maximum atomic E-state index is 13.1. The first-order chi connectivity index (χ1) is 12.2. The molecule has 4 nitrogen and oxygen atoms in total. The van der Waals surface area contributed by atoms with Crippen molar-refractivity contribution in [3.63, 3.8) is 0 Å². The van der Waals surface area contributed by atoms with Crippen molar-refractivity contribution >= 4 is 10.8 Å². The van der Waals surface area contributed by atoms with Crippen molar-refractivity contribution in [2.24, 2.45) is 0 Å². The summed E-state index contributed by atoms with van der Waals surface area (Å²) in [6.45, 7) is 0. The van der Waals surface area contributed by atoms with Gasteiger partial charge in [0.25, 0.3) is 5.56 Å². The molecular formula is C20H14FN3O. The molecule has 0 aliphatic heterocycles. The second kappa shape index (κ2) is 6.28. The molecule has 0 saturated heterocycles. The maximum absolute atomic E-state index is 13.1. The van der Waals surface area contributed by atoms with Crippen molar-refractivity contribution < 1.29 is 4.39 Å². The SMILES string of the molecule is O=c1c2ccccc2c(Cc2ccc(F)cc2)nn1-c1ccccn1. The van der Waals surface area contributed by atoms with Crippen LogP contribution in [-0.4, -0.2) is 14.8 Å². The predicted molar refractivity (Wildman–Crippen MR) is 94.3 cm³/mol. The van der Waals surface area contributed by atoms with Crippen LogP contribution >= 0.6 is 0 Å². The molecule has 0 spiro atoms. The van der Waals surface area contributed by atoms with Crippen LogP contribution in [0.4, 0.5) is 4.39 Å². The number of rotatable bonds is 3. The number of halogens is 1. The quantitative estimate of drug-likeness (QED) is 0.577. The van der Waals surface area contributed by atoms with Crippen LogP contribution in [0.15, 0.2) is 77.7 Å². The first-order valence-electron chi connectivity index (χ1n) is 7.89. The molecule has 4 aromatic rings. The van der Waals surface area contributed by atoms with E-state index in [1.807, 2.05) is 24.3 Å². The Bertz CT molecular complexity index is 1090. The van der Waals surface area contributed by atoms with Gasteiger partial charge in [-0.1, -0.05) is 36.4 Å². The fourth-order valence-electron chi connectivity index (χ4n) is 2.82. The van der Waals surface area contributed by atoms with E-state index in [1.165, 1.54) is 16.8 Å². The summed E-state index contributed by atoms with van der Waals surface area (Å²) in [4.78, 5) is 17.0.